The van der Waals surface area contributed by atoms with Crippen LogP contribution >= 0.6 is 11.6 Å². The Hall–Kier alpha value is -2.57. The second-order valence-corrected chi connectivity index (χ2v) is 6.13. The molecule has 0 saturated heterocycles. The molecule has 0 amide bonds. The SMILES string of the molecule is C=Cc1cnn2ccc(C(=C)c3ccc(Cl)nc3C)cc12.CNCC(F)F. The van der Waals surface area contributed by atoms with Gasteiger partial charge in [0.1, 0.15) is 5.15 Å². The molecule has 0 fully saturated rings. The van der Waals surface area contributed by atoms with Gasteiger partial charge in [0.05, 0.1) is 18.3 Å². The first-order valence-electron chi connectivity index (χ1n) is 8.22. The summed E-state index contributed by atoms with van der Waals surface area (Å²) < 4.78 is 23.8. The lowest BCUT2D eigenvalue weighted by atomic mass is 9.99. The fraction of sp³-hybridized carbons (Fsp3) is 0.200. The van der Waals surface area contributed by atoms with Gasteiger partial charge in [0.25, 0.3) is 6.43 Å². The van der Waals surface area contributed by atoms with Gasteiger partial charge in [-0.2, -0.15) is 5.10 Å². The molecule has 3 aromatic heterocycles. The van der Waals surface area contributed by atoms with Crippen molar-refractivity contribution in [3.63, 3.8) is 0 Å². The first-order chi connectivity index (χ1) is 12.9. The number of aromatic nitrogens is 3. The van der Waals surface area contributed by atoms with Crippen LogP contribution in [0.2, 0.25) is 5.15 Å². The van der Waals surface area contributed by atoms with Crippen LogP contribution < -0.4 is 5.32 Å². The molecule has 1 N–H and O–H groups in total. The number of halogens is 3. The van der Waals surface area contributed by atoms with E-state index in [2.05, 4.69) is 34.6 Å². The lowest BCUT2D eigenvalue weighted by Gasteiger charge is -2.10. The molecule has 7 heteroatoms. The molecule has 0 aliphatic heterocycles. The van der Waals surface area contributed by atoms with Crippen molar-refractivity contribution in [1.29, 1.82) is 0 Å². The number of nitrogens with one attached hydrogen (secondary N) is 1. The summed E-state index contributed by atoms with van der Waals surface area (Å²) in [4.78, 5) is 4.28. The minimum absolute atomic E-state index is 0.208. The van der Waals surface area contributed by atoms with Crippen LogP contribution in [0.1, 0.15) is 22.4 Å². The predicted octanol–water partition coefficient (Wildman–Crippen LogP) is 4.87. The topological polar surface area (TPSA) is 42.2 Å². The summed E-state index contributed by atoms with van der Waals surface area (Å²) in [5.74, 6) is 0. The van der Waals surface area contributed by atoms with Crippen LogP contribution in [-0.2, 0) is 0 Å². The molecule has 0 aliphatic rings. The highest BCUT2D eigenvalue weighted by molar-refractivity contribution is 6.29. The summed E-state index contributed by atoms with van der Waals surface area (Å²) in [6, 6.07) is 7.77. The molecule has 4 nitrogen and oxygen atoms in total. The molecule has 0 unspecified atom stereocenters. The Bertz CT molecular complexity index is 950. The number of fused-ring (bicyclic) bond motifs is 1. The minimum atomic E-state index is -2.21. The molecule has 0 saturated carbocycles. The number of rotatable bonds is 5. The largest absolute Gasteiger partial charge is 0.315 e. The smallest absolute Gasteiger partial charge is 0.250 e. The number of aryl methyl sites for hydroxylation is 1. The average molecular weight is 391 g/mol. The van der Waals surface area contributed by atoms with E-state index in [1.54, 1.807) is 18.3 Å². The molecule has 142 valence electrons. The summed E-state index contributed by atoms with van der Waals surface area (Å²) in [5, 5.41) is 7.08. The van der Waals surface area contributed by atoms with Crippen LogP contribution in [0.25, 0.3) is 17.2 Å². The standard InChI is InChI=1S/C17H14ClN3.C3H7F2N/c1-4-13-10-19-21-8-7-14(9-16(13)21)11(2)15-5-6-17(18)20-12(15)3;1-6-2-3(4)5/h4-10H,1-2H2,3H3;3,6H,2H2,1H3. The molecule has 27 heavy (non-hydrogen) atoms. The van der Waals surface area contributed by atoms with Crippen LogP contribution in [0.3, 0.4) is 0 Å². The molecule has 0 aliphatic carbocycles. The average Bonchev–Trinajstić information content (AvgIpc) is 3.04. The Balaban J connectivity index is 0.000000380. The summed E-state index contributed by atoms with van der Waals surface area (Å²) in [7, 11) is 1.49. The molecule has 3 heterocycles. The maximum absolute atomic E-state index is 11.0. The van der Waals surface area contributed by atoms with Crippen LogP contribution in [0.4, 0.5) is 8.78 Å². The first kappa shape index (κ1) is 20.7. The van der Waals surface area contributed by atoms with Crippen LogP contribution in [0, 0.1) is 6.92 Å². The third-order valence-corrected chi connectivity index (χ3v) is 4.07. The zero-order chi connectivity index (χ0) is 20.0. The maximum atomic E-state index is 11.0. The van der Waals surface area contributed by atoms with Crippen LogP contribution in [0.5, 0.6) is 0 Å². The fourth-order valence-corrected chi connectivity index (χ4v) is 2.69. The van der Waals surface area contributed by atoms with Gasteiger partial charge >= 0.3 is 0 Å². The first-order valence-corrected chi connectivity index (χ1v) is 8.60. The summed E-state index contributed by atoms with van der Waals surface area (Å²) in [5.41, 5.74) is 5.79. The van der Waals surface area contributed by atoms with E-state index in [0.717, 1.165) is 33.5 Å². The summed E-state index contributed by atoms with van der Waals surface area (Å²) in [6.45, 7) is 9.72. The predicted molar refractivity (Wildman–Crippen MR) is 107 cm³/mol. The summed E-state index contributed by atoms with van der Waals surface area (Å²) >= 11 is 5.91. The maximum Gasteiger partial charge on any atom is 0.250 e. The molecular formula is C20H21ClF2N4. The van der Waals surface area contributed by atoms with Gasteiger partial charge in [0.2, 0.25) is 0 Å². The molecule has 0 atom stereocenters. The van der Waals surface area contributed by atoms with Gasteiger partial charge in [-0.25, -0.2) is 18.3 Å². The molecule has 0 radical (unpaired) electrons. The minimum Gasteiger partial charge on any atom is -0.315 e. The molecule has 3 rings (SSSR count). The number of hydrogen-bond acceptors (Lipinski definition) is 3. The van der Waals surface area contributed by atoms with Crippen molar-refractivity contribution in [2.45, 2.75) is 13.3 Å². The number of alkyl halides is 2. The van der Waals surface area contributed by atoms with Gasteiger partial charge in [-0.05, 0) is 49.4 Å². The Labute approximate surface area is 162 Å². The van der Waals surface area contributed by atoms with E-state index in [1.807, 2.05) is 29.8 Å². The van der Waals surface area contributed by atoms with Gasteiger partial charge in [0, 0.05) is 23.0 Å². The highest BCUT2D eigenvalue weighted by atomic mass is 35.5. The van der Waals surface area contributed by atoms with Crippen molar-refractivity contribution >= 4 is 28.8 Å². The van der Waals surface area contributed by atoms with Gasteiger partial charge < -0.3 is 5.32 Å². The van der Waals surface area contributed by atoms with Crippen molar-refractivity contribution in [2.24, 2.45) is 0 Å². The van der Waals surface area contributed by atoms with Gasteiger partial charge in [-0.3, -0.25) is 0 Å². The Morgan fingerprint density at radius 3 is 2.67 bits per heavy atom. The number of hydrogen-bond donors (Lipinski definition) is 1. The zero-order valence-electron chi connectivity index (χ0n) is 15.2. The van der Waals surface area contributed by atoms with Crippen molar-refractivity contribution in [3.8, 4) is 0 Å². The van der Waals surface area contributed by atoms with E-state index >= 15 is 0 Å². The van der Waals surface area contributed by atoms with Crippen LogP contribution in [0.15, 0.2) is 49.8 Å². The second kappa shape index (κ2) is 9.39. The third kappa shape index (κ3) is 5.21. The van der Waals surface area contributed by atoms with Crippen molar-refractivity contribution in [2.75, 3.05) is 13.6 Å². The fourth-order valence-electron chi connectivity index (χ4n) is 2.50. The zero-order valence-corrected chi connectivity index (χ0v) is 16.0. The molecule has 3 aromatic rings. The highest BCUT2D eigenvalue weighted by Gasteiger charge is 2.09. The number of pyridine rings is 2. The highest BCUT2D eigenvalue weighted by Crippen LogP contribution is 2.26. The summed E-state index contributed by atoms with van der Waals surface area (Å²) in [6.07, 6.45) is 3.30. The normalized spacial score (nSPS) is 10.6. The molecule has 0 spiro atoms. The second-order valence-electron chi connectivity index (χ2n) is 5.74. The van der Waals surface area contributed by atoms with E-state index in [4.69, 9.17) is 11.6 Å². The Morgan fingerprint density at radius 2 is 2.11 bits per heavy atom. The third-order valence-electron chi connectivity index (χ3n) is 3.86. The van der Waals surface area contributed by atoms with Gasteiger partial charge in [0.15, 0.2) is 0 Å². The lowest BCUT2D eigenvalue weighted by molar-refractivity contribution is 0.149. The Kier molecular flexibility index (Phi) is 7.21. The Morgan fingerprint density at radius 1 is 1.37 bits per heavy atom. The van der Waals surface area contributed by atoms with E-state index in [-0.39, 0.29) is 6.54 Å². The molecule has 0 aromatic carbocycles. The van der Waals surface area contributed by atoms with Crippen molar-refractivity contribution in [1.82, 2.24) is 19.9 Å². The quantitative estimate of drug-likeness (QED) is 0.632. The van der Waals surface area contributed by atoms with Gasteiger partial charge in [-0.15, -0.1) is 0 Å². The monoisotopic (exact) mass is 390 g/mol. The van der Waals surface area contributed by atoms with E-state index < -0.39 is 6.43 Å². The molecular weight excluding hydrogens is 370 g/mol. The van der Waals surface area contributed by atoms with E-state index in [9.17, 15) is 8.78 Å². The van der Waals surface area contributed by atoms with Crippen LogP contribution in [-0.4, -0.2) is 34.6 Å². The van der Waals surface area contributed by atoms with E-state index in [0.29, 0.717) is 5.15 Å². The van der Waals surface area contributed by atoms with E-state index in [1.165, 1.54) is 7.05 Å². The van der Waals surface area contributed by atoms with Crippen molar-refractivity contribution in [3.05, 3.63) is 77.4 Å². The number of nitrogens with zero attached hydrogens (tertiary/aromatic N) is 3. The molecule has 0 bridgehead atoms. The van der Waals surface area contributed by atoms with Gasteiger partial charge in [-0.1, -0.05) is 30.8 Å². The van der Waals surface area contributed by atoms with Crippen molar-refractivity contribution < 1.29 is 8.78 Å². The lowest BCUT2D eigenvalue weighted by Crippen LogP contribution is -2.15.